The monoisotopic (exact) mass is 200 g/mol. The molecular formula is C11H24N2O. The van der Waals surface area contributed by atoms with E-state index in [-0.39, 0.29) is 0 Å². The Hall–Kier alpha value is -0.120. The van der Waals surface area contributed by atoms with Crippen molar-refractivity contribution < 1.29 is 5.11 Å². The molecule has 0 spiro atoms. The Bertz CT molecular complexity index is 141. The van der Waals surface area contributed by atoms with Crippen LogP contribution in [0.3, 0.4) is 0 Å². The summed E-state index contributed by atoms with van der Waals surface area (Å²) in [5.74, 6) is 0. The largest absolute Gasteiger partial charge is 0.395 e. The van der Waals surface area contributed by atoms with E-state index in [9.17, 15) is 5.11 Å². The summed E-state index contributed by atoms with van der Waals surface area (Å²) in [6.07, 6.45) is 4.95. The molecule has 2 N–H and O–H groups in total. The Balaban J connectivity index is 2.13. The van der Waals surface area contributed by atoms with Crippen molar-refractivity contribution in [3.8, 4) is 0 Å². The molecule has 1 saturated heterocycles. The molecule has 1 aliphatic heterocycles. The van der Waals surface area contributed by atoms with Gasteiger partial charge in [0, 0.05) is 19.1 Å². The number of hydrogen-bond acceptors (Lipinski definition) is 3. The van der Waals surface area contributed by atoms with Gasteiger partial charge < -0.3 is 10.4 Å². The molecule has 0 aliphatic carbocycles. The fourth-order valence-corrected chi connectivity index (χ4v) is 2.09. The third kappa shape index (κ3) is 3.95. The van der Waals surface area contributed by atoms with Crippen LogP contribution < -0.4 is 5.32 Å². The molecule has 0 amide bonds. The molecule has 3 heteroatoms. The molecule has 0 aromatic heterocycles. The molecule has 0 aromatic carbocycles. The molecule has 1 heterocycles. The Morgan fingerprint density at radius 3 is 2.93 bits per heavy atom. The van der Waals surface area contributed by atoms with Crippen molar-refractivity contribution in [1.82, 2.24) is 10.2 Å². The van der Waals surface area contributed by atoms with Gasteiger partial charge in [-0.05, 0) is 32.4 Å². The third-order valence-corrected chi connectivity index (χ3v) is 2.96. The summed E-state index contributed by atoms with van der Waals surface area (Å²) in [5.41, 5.74) is 0. The minimum absolute atomic E-state index is 0.327. The predicted octanol–water partition coefficient (Wildman–Crippen LogP) is 0.833. The maximum atomic E-state index is 9.20. The van der Waals surface area contributed by atoms with Crippen LogP contribution >= 0.6 is 0 Å². The fourth-order valence-electron chi connectivity index (χ4n) is 2.09. The van der Waals surface area contributed by atoms with E-state index < -0.39 is 0 Å². The Kier molecular flexibility index (Phi) is 6.15. The summed E-state index contributed by atoms with van der Waals surface area (Å²) >= 11 is 0. The molecule has 1 aliphatic rings. The number of likely N-dealkylation sites (tertiary alicyclic amines) is 1. The number of nitrogens with zero attached hydrogens (tertiary/aromatic N) is 1. The molecule has 84 valence electrons. The van der Waals surface area contributed by atoms with E-state index in [4.69, 9.17) is 0 Å². The van der Waals surface area contributed by atoms with E-state index in [1.54, 1.807) is 0 Å². The summed E-state index contributed by atoms with van der Waals surface area (Å²) in [5, 5.41) is 12.6. The van der Waals surface area contributed by atoms with E-state index in [0.29, 0.717) is 12.6 Å². The van der Waals surface area contributed by atoms with Gasteiger partial charge in [0.05, 0.1) is 6.61 Å². The van der Waals surface area contributed by atoms with Gasteiger partial charge in [-0.3, -0.25) is 4.90 Å². The van der Waals surface area contributed by atoms with Crippen LogP contribution in [0.1, 0.15) is 32.6 Å². The number of rotatable bonds is 6. The van der Waals surface area contributed by atoms with E-state index >= 15 is 0 Å². The lowest BCUT2D eigenvalue weighted by atomic mass is 10.0. The first-order valence-electron chi connectivity index (χ1n) is 5.94. The molecule has 14 heavy (non-hydrogen) atoms. The third-order valence-electron chi connectivity index (χ3n) is 2.96. The van der Waals surface area contributed by atoms with Crippen LogP contribution in [-0.2, 0) is 0 Å². The number of piperidine rings is 1. The van der Waals surface area contributed by atoms with Crippen LogP contribution in [0.15, 0.2) is 0 Å². The van der Waals surface area contributed by atoms with Gasteiger partial charge in [0.2, 0.25) is 0 Å². The first-order chi connectivity index (χ1) is 6.88. The Morgan fingerprint density at radius 1 is 1.36 bits per heavy atom. The number of aliphatic hydroxyl groups excluding tert-OH is 1. The average Bonchev–Trinajstić information content (AvgIpc) is 2.25. The van der Waals surface area contributed by atoms with Gasteiger partial charge in [-0.25, -0.2) is 0 Å². The smallest absolute Gasteiger partial charge is 0.0586 e. The van der Waals surface area contributed by atoms with Crippen molar-refractivity contribution in [2.75, 3.05) is 32.8 Å². The SMILES string of the molecule is CCCNCCN1CCCCC1CO. The molecule has 1 rings (SSSR count). The highest BCUT2D eigenvalue weighted by Gasteiger charge is 2.20. The van der Waals surface area contributed by atoms with Gasteiger partial charge >= 0.3 is 0 Å². The number of nitrogens with one attached hydrogen (secondary N) is 1. The molecule has 0 aromatic rings. The minimum atomic E-state index is 0.327. The quantitative estimate of drug-likeness (QED) is 0.624. The summed E-state index contributed by atoms with van der Waals surface area (Å²) in [7, 11) is 0. The molecular weight excluding hydrogens is 176 g/mol. The molecule has 0 radical (unpaired) electrons. The van der Waals surface area contributed by atoms with Gasteiger partial charge in [0.1, 0.15) is 0 Å². The van der Waals surface area contributed by atoms with E-state index in [1.165, 1.54) is 32.2 Å². The van der Waals surface area contributed by atoms with Gasteiger partial charge in [-0.1, -0.05) is 13.3 Å². The van der Waals surface area contributed by atoms with E-state index in [1.807, 2.05) is 0 Å². The van der Waals surface area contributed by atoms with Gasteiger partial charge in [0.15, 0.2) is 0 Å². The first-order valence-corrected chi connectivity index (χ1v) is 5.94. The second-order valence-electron chi connectivity index (χ2n) is 4.12. The standard InChI is InChI=1S/C11H24N2O/c1-2-6-12-7-9-13-8-4-3-5-11(13)10-14/h11-12,14H,2-10H2,1H3. The van der Waals surface area contributed by atoms with Gasteiger partial charge in [-0.2, -0.15) is 0 Å². The van der Waals surface area contributed by atoms with Crippen LogP contribution in [0, 0.1) is 0 Å². The molecule has 0 bridgehead atoms. The van der Waals surface area contributed by atoms with Gasteiger partial charge in [-0.15, -0.1) is 0 Å². The Labute approximate surface area is 87.5 Å². The minimum Gasteiger partial charge on any atom is -0.395 e. The zero-order valence-corrected chi connectivity index (χ0v) is 9.34. The van der Waals surface area contributed by atoms with Crippen molar-refractivity contribution in [3.05, 3.63) is 0 Å². The normalized spacial score (nSPS) is 24.0. The number of aliphatic hydroxyl groups is 1. The first kappa shape index (κ1) is 12.0. The second-order valence-corrected chi connectivity index (χ2v) is 4.12. The molecule has 0 saturated carbocycles. The highest BCUT2D eigenvalue weighted by Crippen LogP contribution is 2.15. The lowest BCUT2D eigenvalue weighted by Crippen LogP contribution is -2.44. The van der Waals surface area contributed by atoms with Crippen molar-refractivity contribution in [1.29, 1.82) is 0 Å². The highest BCUT2D eigenvalue weighted by atomic mass is 16.3. The zero-order chi connectivity index (χ0) is 10.2. The molecule has 1 fully saturated rings. The van der Waals surface area contributed by atoms with Crippen LogP contribution in [0.5, 0.6) is 0 Å². The molecule has 1 atom stereocenters. The fraction of sp³-hybridized carbons (Fsp3) is 1.00. The van der Waals surface area contributed by atoms with E-state index in [2.05, 4.69) is 17.1 Å². The predicted molar refractivity (Wildman–Crippen MR) is 59.5 cm³/mol. The van der Waals surface area contributed by atoms with E-state index in [0.717, 1.165) is 19.6 Å². The topological polar surface area (TPSA) is 35.5 Å². The van der Waals surface area contributed by atoms with Crippen molar-refractivity contribution in [2.45, 2.75) is 38.6 Å². The Morgan fingerprint density at radius 2 is 2.21 bits per heavy atom. The van der Waals surface area contributed by atoms with Crippen LogP contribution in [0.25, 0.3) is 0 Å². The lowest BCUT2D eigenvalue weighted by molar-refractivity contribution is 0.0911. The maximum Gasteiger partial charge on any atom is 0.0586 e. The second kappa shape index (κ2) is 7.21. The van der Waals surface area contributed by atoms with Crippen LogP contribution in [-0.4, -0.2) is 48.8 Å². The lowest BCUT2D eigenvalue weighted by Gasteiger charge is -2.34. The average molecular weight is 200 g/mol. The van der Waals surface area contributed by atoms with Gasteiger partial charge in [0.25, 0.3) is 0 Å². The zero-order valence-electron chi connectivity index (χ0n) is 9.34. The maximum absolute atomic E-state index is 9.20. The van der Waals surface area contributed by atoms with Crippen molar-refractivity contribution in [2.24, 2.45) is 0 Å². The van der Waals surface area contributed by atoms with Crippen LogP contribution in [0.2, 0.25) is 0 Å². The summed E-state index contributed by atoms with van der Waals surface area (Å²) < 4.78 is 0. The number of hydrogen-bond donors (Lipinski definition) is 2. The summed E-state index contributed by atoms with van der Waals surface area (Å²) in [6, 6.07) is 0.423. The van der Waals surface area contributed by atoms with Crippen molar-refractivity contribution in [3.63, 3.8) is 0 Å². The molecule has 1 unspecified atom stereocenters. The van der Waals surface area contributed by atoms with Crippen LogP contribution in [0.4, 0.5) is 0 Å². The van der Waals surface area contributed by atoms with Crippen molar-refractivity contribution >= 4 is 0 Å². The summed E-state index contributed by atoms with van der Waals surface area (Å²) in [4.78, 5) is 2.42. The molecule has 3 nitrogen and oxygen atoms in total. The highest BCUT2D eigenvalue weighted by molar-refractivity contribution is 4.76. The summed E-state index contributed by atoms with van der Waals surface area (Å²) in [6.45, 7) is 6.93.